The van der Waals surface area contributed by atoms with E-state index in [1.165, 1.54) is 39.2 Å². The summed E-state index contributed by atoms with van der Waals surface area (Å²) in [5.41, 5.74) is 11.1. The van der Waals surface area contributed by atoms with Gasteiger partial charge in [0.15, 0.2) is 0 Å². The molecule has 5 nitrogen and oxygen atoms in total. The van der Waals surface area contributed by atoms with E-state index in [4.69, 9.17) is 5.73 Å². The number of piperidine rings is 1. The van der Waals surface area contributed by atoms with Crippen molar-refractivity contribution in [3.8, 4) is 6.07 Å². The van der Waals surface area contributed by atoms with Gasteiger partial charge >= 0.3 is 0 Å². The maximum absolute atomic E-state index is 11.6. The van der Waals surface area contributed by atoms with E-state index < -0.39 is 11.8 Å². The highest BCUT2D eigenvalue weighted by molar-refractivity contribution is 8.19. The van der Waals surface area contributed by atoms with E-state index in [1.54, 1.807) is 0 Å². The summed E-state index contributed by atoms with van der Waals surface area (Å²) in [6.07, 6.45) is 2.66. The lowest BCUT2D eigenvalue weighted by Crippen LogP contribution is -2.48. The van der Waals surface area contributed by atoms with Crippen LogP contribution >= 0.6 is 23.5 Å². The number of nitriles is 1. The largest absolute Gasteiger partial charge is 0.369 e. The first kappa shape index (κ1) is 19.3. The number of fused-ring (bicyclic) bond motifs is 2. The summed E-state index contributed by atoms with van der Waals surface area (Å²) in [5.74, 6) is 2.03. The standard InChI is InChI=1S/C22H26N4OS2/c1-26-11-12(7-13(10-23)21(24)27)8-15-14-3-2-4-17-19(14)16(9-18(15)26)20(25-17)22-28-5-6-29-22/h2-4,12-13,15,18,22,25H,5-9,11H2,1H3,(H2,24,27)/t12?,13?,15-,18-/m1/s1. The third-order valence-electron chi connectivity index (χ3n) is 6.90. The zero-order chi connectivity index (χ0) is 20.1. The Kier molecular flexibility index (Phi) is 5.05. The van der Waals surface area contributed by atoms with Crippen molar-refractivity contribution >= 4 is 40.3 Å². The number of benzene rings is 1. The second-order valence-corrected chi connectivity index (χ2v) is 11.3. The van der Waals surface area contributed by atoms with Crippen molar-refractivity contribution in [2.45, 2.75) is 35.8 Å². The average Bonchev–Trinajstić information content (AvgIpc) is 3.35. The number of thioether (sulfide) groups is 2. The Bertz CT molecular complexity index is 991. The fraction of sp³-hybridized carbons (Fsp3) is 0.545. The van der Waals surface area contributed by atoms with Crippen LogP contribution in [0.1, 0.15) is 40.2 Å². The molecule has 5 rings (SSSR count). The van der Waals surface area contributed by atoms with E-state index in [0.717, 1.165) is 19.4 Å². The minimum absolute atomic E-state index is 0.314. The Balaban J connectivity index is 1.51. The Morgan fingerprint density at radius 1 is 1.41 bits per heavy atom. The lowest BCUT2D eigenvalue weighted by Gasteiger charge is -2.46. The molecule has 3 heterocycles. The molecule has 0 spiro atoms. The summed E-state index contributed by atoms with van der Waals surface area (Å²) in [6, 6.07) is 9.25. The quantitative estimate of drug-likeness (QED) is 0.780. The number of carbonyl (C=O) groups is 1. The number of nitrogens with two attached hydrogens (primary N) is 1. The van der Waals surface area contributed by atoms with Gasteiger partial charge < -0.3 is 15.6 Å². The number of likely N-dealkylation sites (tertiary alicyclic amines) is 1. The van der Waals surface area contributed by atoms with E-state index in [0.29, 0.717) is 28.9 Å². The predicted molar refractivity (Wildman–Crippen MR) is 120 cm³/mol. The minimum Gasteiger partial charge on any atom is -0.369 e. The Hall–Kier alpha value is -1.62. The molecular weight excluding hydrogens is 400 g/mol. The summed E-state index contributed by atoms with van der Waals surface area (Å²) < 4.78 is 0.524. The molecule has 2 aromatic rings. The highest BCUT2D eigenvalue weighted by atomic mass is 32.2. The van der Waals surface area contributed by atoms with Crippen molar-refractivity contribution in [1.29, 1.82) is 5.26 Å². The van der Waals surface area contributed by atoms with E-state index in [1.807, 2.05) is 0 Å². The lowest BCUT2D eigenvalue weighted by molar-refractivity contribution is -0.120. The van der Waals surface area contributed by atoms with Crippen LogP contribution in [0.2, 0.25) is 0 Å². The van der Waals surface area contributed by atoms with E-state index in [-0.39, 0.29) is 0 Å². The molecule has 29 heavy (non-hydrogen) atoms. The molecule has 3 N–H and O–H groups in total. The van der Waals surface area contributed by atoms with Gasteiger partial charge in [-0.1, -0.05) is 12.1 Å². The van der Waals surface area contributed by atoms with Crippen LogP contribution in [0.15, 0.2) is 18.2 Å². The van der Waals surface area contributed by atoms with Crippen LogP contribution < -0.4 is 5.73 Å². The van der Waals surface area contributed by atoms with Gasteiger partial charge in [-0.25, -0.2) is 0 Å². The maximum atomic E-state index is 11.6. The van der Waals surface area contributed by atoms with Crippen LogP contribution in [0.5, 0.6) is 0 Å². The van der Waals surface area contributed by atoms with Gasteiger partial charge in [-0.2, -0.15) is 5.26 Å². The van der Waals surface area contributed by atoms with E-state index >= 15 is 0 Å². The number of aromatic amines is 1. The van der Waals surface area contributed by atoms with Crippen LogP contribution in [0.25, 0.3) is 10.9 Å². The fourth-order valence-electron chi connectivity index (χ4n) is 5.63. The third kappa shape index (κ3) is 3.26. The summed E-state index contributed by atoms with van der Waals surface area (Å²) >= 11 is 4.11. The number of amides is 1. The topological polar surface area (TPSA) is 85.9 Å². The molecule has 152 valence electrons. The second kappa shape index (κ2) is 7.57. The van der Waals surface area contributed by atoms with Gasteiger partial charge in [-0.05, 0) is 49.4 Å². The molecule has 2 saturated heterocycles. The molecule has 3 aliphatic rings. The number of nitrogens with zero attached hydrogens (tertiary/aromatic N) is 2. The Morgan fingerprint density at radius 2 is 2.21 bits per heavy atom. The molecule has 2 unspecified atom stereocenters. The lowest BCUT2D eigenvalue weighted by atomic mass is 9.70. The molecule has 1 amide bonds. The molecule has 2 fully saturated rings. The number of hydrogen-bond acceptors (Lipinski definition) is 5. The number of H-pyrrole nitrogens is 1. The molecule has 0 radical (unpaired) electrons. The summed E-state index contributed by atoms with van der Waals surface area (Å²) in [7, 11) is 2.20. The average molecular weight is 427 g/mol. The first-order valence-electron chi connectivity index (χ1n) is 10.3. The van der Waals surface area contributed by atoms with Crippen molar-refractivity contribution in [3.63, 3.8) is 0 Å². The number of rotatable bonds is 4. The number of likely N-dealkylation sites (N-methyl/N-ethyl adjacent to an activating group) is 1. The number of hydrogen-bond donors (Lipinski definition) is 2. The fourth-order valence-corrected chi connectivity index (χ4v) is 8.53. The minimum atomic E-state index is -0.685. The van der Waals surface area contributed by atoms with Gasteiger partial charge in [-0.15, -0.1) is 23.5 Å². The molecule has 4 atom stereocenters. The van der Waals surface area contributed by atoms with Crippen molar-refractivity contribution in [2.24, 2.45) is 17.6 Å². The van der Waals surface area contributed by atoms with Gasteiger partial charge in [0.25, 0.3) is 0 Å². The summed E-state index contributed by atoms with van der Waals surface area (Å²) in [6.45, 7) is 0.921. The van der Waals surface area contributed by atoms with Gasteiger partial charge in [0.1, 0.15) is 5.92 Å². The molecule has 7 heteroatoms. The first-order chi connectivity index (χ1) is 14.1. The smallest absolute Gasteiger partial charge is 0.234 e. The maximum Gasteiger partial charge on any atom is 0.234 e. The zero-order valence-electron chi connectivity index (χ0n) is 16.6. The van der Waals surface area contributed by atoms with Crippen LogP contribution in [0.3, 0.4) is 0 Å². The number of aromatic nitrogens is 1. The van der Waals surface area contributed by atoms with Crippen LogP contribution in [0, 0.1) is 23.2 Å². The van der Waals surface area contributed by atoms with Crippen LogP contribution in [0.4, 0.5) is 0 Å². The highest BCUT2D eigenvalue weighted by Gasteiger charge is 2.42. The van der Waals surface area contributed by atoms with Crippen LogP contribution in [-0.2, 0) is 11.2 Å². The molecule has 2 aliphatic heterocycles. The number of primary amides is 1. The number of carbonyl (C=O) groups excluding carboxylic acids is 1. The normalized spacial score (nSPS) is 28.2. The Morgan fingerprint density at radius 3 is 2.93 bits per heavy atom. The number of nitrogens with one attached hydrogen (secondary N) is 1. The molecular formula is C22H26N4OS2. The molecule has 1 aliphatic carbocycles. The molecule has 1 aromatic carbocycles. The van der Waals surface area contributed by atoms with Crippen molar-refractivity contribution in [2.75, 3.05) is 25.1 Å². The first-order valence-corrected chi connectivity index (χ1v) is 12.4. The summed E-state index contributed by atoms with van der Waals surface area (Å²) in [4.78, 5) is 17.8. The third-order valence-corrected chi connectivity index (χ3v) is 9.93. The van der Waals surface area contributed by atoms with Crippen molar-refractivity contribution in [3.05, 3.63) is 35.0 Å². The van der Waals surface area contributed by atoms with Gasteiger partial charge in [0.05, 0.1) is 10.7 Å². The SMILES string of the molecule is CN1CC(CC(C#N)C(N)=O)C[C@@H]2c3cccc4[nH]c(C5SCCS5)c(c34)C[C@H]21. The van der Waals surface area contributed by atoms with Gasteiger partial charge in [0, 0.05) is 46.6 Å². The molecule has 0 saturated carbocycles. The van der Waals surface area contributed by atoms with Crippen molar-refractivity contribution in [1.82, 2.24) is 9.88 Å². The van der Waals surface area contributed by atoms with E-state index in [9.17, 15) is 10.1 Å². The summed E-state index contributed by atoms with van der Waals surface area (Å²) in [5, 5.41) is 10.7. The Labute approximate surface area is 179 Å². The predicted octanol–water partition coefficient (Wildman–Crippen LogP) is 3.62. The second-order valence-electron chi connectivity index (χ2n) is 8.60. The van der Waals surface area contributed by atoms with E-state index in [2.05, 4.69) is 64.7 Å². The van der Waals surface area contributed by atoms with Gasteiger partial charge in [-0.3, -0.25) is 4.79 Å². The molecule has 1 aromatic heterocycles. The van der Waals surface area contributed by atoms with Crippen molar-refractivity contribution < 1.29 is 4.79 Å². The van der Waals surface area contributed by atoms with Gasteiger partial charge in [0.2, 0.25) is 5.91 Å². The zero-order valence-corrected chi connectivity index (χ0v) is 18.2. The molecule has 0 bridgehead atoms. The monoisotopic (exact) mass is 426 g/mol. The van der Waals surface area contributed by atoms with Crippen LogP contribution in [-0.4, -0.2) is 46.9 Å². The highest BCUT2D eigenvalue weighted by Crippen LogP contribution is 2.52.